The van der Waals surface area contributed by atoms with Gasteiger partial charge in [-0.15, -0.1) is 11.8 Å². The molecule has 0 saturated carbocycles. The highest BCUT2D eigenvalue weighted by Gasteiger charge is 2.28. The Kier molecular flexibility index (Phi) is 5.17. The number of H-pyrrole nitrogens is 1. The van der Waals surface area contributed by atoms with Crippen molar-refractivity contribution >= 4 is 23.4 Å². The van der Waals surface area contributed by atoms with E-state index in [-0.39, 0.29) is 6.04 Å². The van der Waals surface area contributed by atoms with Gasteiger partial charge in [-0.25, -0.2) is 4.98 Å². The van der Waals surface area contributed by atoms with Gasteiger partial charge < -0.3 is 15.5 Å². The lowest BCUT2D eigenvalue weighted by Gasteiger charge is -2.20. The number of aromatic amines is 1. The zero-order valence-corrected chi connectivity index (χ0v) is 14.0. The molecule has 2 unspecified atom stereocenters. The van der Waals surface area contributed by atoms with E-state index in [0.29, 0.717) is 13.0 Å². The molecular formula is C16H19N5O2S. The number of thioether (sulfide) groups is 1. The molecule has 2 heterocycles. The molecule has 4 N–H and O–H groups in total. The topological polar surface area (TPSA) is 102 Å². The standard InChI is InChI=1S/C16H19N5O2S/c1-24-12-4-2-10(3-5-12)15-14(8-19-21-15)20-13(16(22)23)6-11-7-17-9-18-11/h2-5,7,9,13-14,19-20H,6,8H2,1H3,(H,17,18)(H,22,23). The van der Waals surface area contributed by atoms with Crippen molar-refractivity contribution in [3.8, 4) is 0 Å². The second kappa shape index (κ2) is 7.50. The van der Waals surface area contributed by atoms with E-state index < -0.39 is 12.0 Å². The highest BCUT2D eigenvalue weighted by atomic mass is 32.2. The predicted molar refractivity (Wildman–Crippen MR) is 93.4 cm³/mol. The van der Waals surface area contributed by atoms with Gasteiger partial charge in [0.15, 0.2) is 0 Å². The molecule has 8 heteroatoms. The van der Waals surface area contributed by atoms with Gasteiger partial charge in [-0.3, -0.25) is 10.1 Å². The number of benzene rings is 1. The van der Waals surface area contributed by atoms with Crippen molar-refractivity contribution in [3.63, 3.8) is 0 Å². The van der Waals surface area contributed by atoms with Gasteiger partial charge in [0.1, 0.15) is 6.04 Å². The lowest BCUT2D eigenvalue weighted by atomic mass is 10.0. The summed E-state index contributed by atoms with van der Waals surface area (Å²) < 4.78 is 0. The normalized spacial score (nSPS) is 18.0. The minimum absolute atomic E-state index is 0.158. The molecule has 0 spiro atoms. The second-order valence-corrected chi connectivity index (χ2v) is 6.36. The maximum absolute atomic E-state index is 11.6. The summed E-state index contributed by atoms with van der Waals surface area (Å²) in [5.74, 6) is -0.895. The second-order valence-electron chi connectivity index (χ2n) is 5.48. The maximum atomic E-state index is 11.6. The fourth-order valence-corrected chi connectivity index (χ4v) is 3.05. The minimum atomic E-state index is -0.895. The Hall–Kier alpha value is -2.32. The van der Waals surface area contributed by atoms with E-state index in [2.05, 4.69) is 25.8 Å². The summed E-state index contributed by atoms with van der Waals surface area (Å²) in [4.78, 5) is 19.6. The largest absolute Gasteiger partial charge is 0.480 e. The molecule has 2 aromatic rings. The van der Waals surface area contributed by atoms with Crippen LogP contribution in [0.4, 0.5) is 0 Å². The number of imidazole rings is 1. The Morgan fingerprint density at radius 1 is 1.46 bits per heavy atom. The van der Waals surface area contributed by atoms with Crippen LogP contribution in [0.15, 0.2) is 46.8 Å². The van der Waals surface area contributed by atoms with Crippen LogP contribution in [0.5, 0.6) is 0 Å². The average molecular weight is 345 g/mol. The predicted octanol–water partition coefficient (Wildman–Crippen LogP) is 1.09. The summed E-state index contributed by atoms with van der Waals surface area (Å²) in [5, 5.41) is 17.0. The van der Waals surface area contributed by atoms with Gasteiger partial charge >= 0.3 is 5.97 Å². The highest BCUT2D eigenvalue weighted by Crippen LogP contribution is 2.17. The summed E-state index contributed by atoms with van der Waals surface area (Å²) in [6.45, 7) is 0.562. The lowest BCUT2D eigenvalue weighted by molar-refractivity contribution is -0.139. The number of hydrogen-bond donors (Lipinski definition) is 4. The van der Waals surface area contributed by atoms with Gasteiger partial charge in [0.25, 0.3) is 0 Å². The molecule has 1 aliphatic rings. The van der Waals surface area contributed by atoms with Crippen LogP contribution >= 0.6 is 11.8 Å². The molecule has 1 aliphatic heterocycles. The number of carboxylic acids is 1. The average Bonchev–Trinajstić information content (AvgIpc) is 3.26. The fraction of sp³-hybridized carbons (Fsp3) is 0.312. The molecule has 0 aliphatic carbocycles. The number of aliphatic carboxylic acids is 1. The third-order valence-corrected chi connectivity index (χ3v) is 4.63. The quantitative estimate of drug-likeness (QED) is 0.560. The van der Waals surface area contributed by atoms with Crippen LogP contribution in [0, 0.1) is 0 Å². The molecule has 24 heavy (non-hydrogen) atoms. The molecule has 0 radical (unpaired) electrons. The van der Waals surface area contributed by atoms with E-state index in [1.54, 1.807) is 24.3 Å². The first-order valence-corrected chi connectivity index (χ1v) is 8.81. The molecule has 0 saturated heterocycles. The van der Waals surface area contributed by atoms with Crippen molar-refractivity contribution in [2.75, 3.05) is 12.8 Å². The fourth-order valence-electron chi connectivity index (χ4n) is 2.64. The van der Waals surface area contributed by atoms with Crippen LogP contribution < -0.4 is 10.7 Å². The summed E-state index contributed by atoms with van der Waals surface area (Å²) in [7, 11) is 0. The Labute approximate surface area is 144 Å². The molecule has 0 bridgehead atoms. The van der Waals surface area contributed by atoms with E-state index in [1.165, 1.54) is 4.90 Å². The zero-order valence-electron chi connectivity index (χ0n) is 13.2. The molecule has 7 nitrogen and oxygen atoms in total. The minimum Gasteiger partial charge on any atom is -0.480 e. The number of carbonyl (C=O) groups is 1. The van der Waals surface area contributed by atoms with Crippen molar-refractivity contribution in [1.29, 1.82) is 0 Å². The number of hydrazone groups is 1. The number of rotatable bonds is 7. The third-order valence-electron chi connectivity index (χ3n) is 3.89. The molecule has 1 aromatic carbocycles. The van der Waals surface area contributed by atoms with E-state index in [0.717, 1.165) is 17.0 Å². The molecule has 0 amide bonds. The van der Waals surface area contributed by atoms with Crippen LogP contribution in [-0.4, -0.2) is 51.6 Å². The van der Waals surface area contributed by atoms with Crippen molar-refractivity contribution in [1.82, 2.24) is 20.7 Å². The molecule has 3 rings (SSSR count). The van der Waals surface area contributed by atoms with Gasteiger partial charge in [-0.1, -0.05) is 12.1 Å². The van der Waals surface area contributed by atoms with Crippen LogP contribution in [0.3, 0.4) is 0 Å². The molecule has 0 fully saturated rings. The Morgan fingerprint density at radius 3 is 2.88 bits per heavy atom. The molecule has 1 aromatic heterocycles. The number of carboxylic acid groups (broad SMARTS) is 1. The number of nitrogens with zero attached hydrogens (tertiary/aromatic N) is 2. The third kappa shape index (κ3) is 3.77. The molecular weight excluding hydrogens is 326 g/mol. The first kappa shape index (κ1) is 16.5. The van der Waals surface area contributed by atoms with Gasteiger partial charge in [-0.05, 0) is 24.0 Å². The first-order chi connectivity index (χ1) is 11.7. The number of aromatic nitrogens is 2. The maximum Gasteiger partial charge on any atom is 0.321 e. The Balaban J connectivity index is 1.72. The summed E-state index contributed by atoms with van der Waals surface area (Å²) in [6, 6.07) is 7.22. The Morgan fingerprint density at radius 2 is 2.25 bits per heavy atom. The van der Waals surface area contributed by atoms with Crippen molar-refractivity contribution in [2.24, 2.45) is 5.10 Å². The van der Waals surface area contributed by atoms with Crippen LogP contribution in [0.2, 0.25) is 0 Å². The SMILES string of the molecule is CSc1ccc(C2=NNCC2NC(Cc2cnc[nH]2)C(=O)O)cc1. The monoisotopic (exact) mass is 345 g/mol. The van der Waals surface area contributed by atoms with Gasteiger partial charge in [0, 0.05) is 23.2 Å². The van der Waals surface area contributed by atoms with E-state index in [4.69, 9.17) is 0 Å². The van der Waals surface area contributed by atoms with E-state index >= 15 is 0 Å². The van der Waals surface area contributed by atoms with Crippen LogP contribution in [0.25, 0.3) is 0 Å². The van der Waals surface area contributed by atoms with Crippen LogP contribution in [0.1, 0.15) is 11.3 Å². The summed E-state index contributed by atoms with van der Waals surface area (Å²) in [5.41, 5.74) is 5.56. The van der Waals surface area contributed by atoms with Crippen LogP contribution in [-0.2, 0) is 11.2 Å². The summed E-state index contributed by atoms with van der Waals surface area (Å²) >= 11 is 1.68. The van der Waals surface area contributed by atoms with Gasteiger partial charge in [0.05, 0.1) is 24.6 Å². The molecule has 126 valence electrons. The zero-order chi connectivity index (χ0) is 16.9. The highest BCUT2D eigenvalue weighted by molar-refractivity contribution is 7.98. The summed E-state index contributed by atoms with van der Waals surface area (Å²) in [6.07, 6.45) is 5.55. The number of nitrogens with one attached hydrogen (secondary N) is 3. The van der Waals surface area contributed by atoms with Gasteiger partial charge in [0.2, 0.25) is 0 Å². The smallest absolute Gasteiger partial charge is 0.321 e. The number of hydrogen-bond acceptors (Lipinski definition) is 6. The Bertz CT molecular complexity index is 715. The van der Waals surface area contributed by atoms with Gasteiger partial charge in [-0.2, -0.15) is 5.10 Å². The first-order valence-electron chi connectivity index (χ1n) is 7.58. The molecule has 2 atom stereocenters. The van der Waals surface area contributed by atoms with Crippen molar-refractivity contribution in [3.05, 3.63) is 48.0 Å². The van der Waals surface area contributed by atoms with E-state index in [9.17, 15) is 9.90 Å². The van der Waals surface area contributed by atoms with Crippen molar-refractivity contribution in [2.45, 2.75) is 23.4 Å². The van der Waals surface area contributed by atoms with E-state index in [1.807, 2.05) is 30.5 Å². The lowest BCUT2D eigenvalue weighted by Crippen LogP contribution is -2.49. The van der Waals surface area contributed by atoms with Crippen molar-refractivity contribution < 1.29 is 9.90 Å².